The largest absolute Gasteiger partial charge is 0.317 e. The molecule has 0 aliphatic carbocycles. The molecule has 0 radical (unpaired) electrons. The van der Waals surface area contributed by atoms with Crippen molar-refractivity contribution >= 4 is 0 Å². The van der Waals surface area contributed by atoms with Gasteiger partial charge in [0.25, 0.3) is 0 Å². The molecule has 1 atom stereocenters. The fourth-order valence-electron chi connectivity index (χ4n) is 3.41. The summed E-state index contributed by atoms with van der Waals surface area (Å²) in [5.74, 6) is 1.07. The Morgan fingerprint density at radius 3 is 2.23 bits per heavy atom. The van der Waals surface area contributed by atoms with Crippen molar-refractivity contribution in [1.29, 1.82) is 0 Å². The van der Waals surface area contributed by atoms with Crippen molar-refractivity contribution in [2.24, 2.45) is 0 Å². The lowest BCUT2D eigenvalue weighted by Crippen LogP contribution is -2.26. The monoisotopic (exact) mass is 357 g/mol. The van der Waals surface area contributed by atoms with Gasteiger partial charge in [0.2, 0.25) is 0 Å². The Morgan fingerprint density at radius 1 is 1.00 bits per heavy atom. The lowest BCUT2D eigenvalue weighted by Gasteiger charge is -2.23. The molecule has 4 rings (SSSR count). The van der Waals surface area contributed by atoms with Gasteiger partial charge >= 0.3 is 0 Å². The molecule has 0 amide bonds. The summed E-state index contributed by atoms with van der Waals surface area (Å²) >= 11 is 0. The van der Waals surface area contributed by atoms with Gasteiger partial charge < -0.3 is 9.88 Å². The quantitative estimate of drug-likeness (QED) is 0.902. The van der Waals surface area contributed by atoms with Gasteiger partial charge in [-0.25, -0.2) is 0 Å². The number of hydrogen-bond donors (Lipinski definition) is 1. The maximum absolute atomic E-state index is 4.33. The molecule has 26 heavy (non-hydrogen) atoms. The van der Waals surface area contributed by atoms with Crippen LogP contribution in [0.3, 0.4) is 0 Å². The van der Waals surface area contributed by atoms with Gasteiger partial charge in [-0.15, -0.1) is 10.2 Å². The van der Waals surface area contributed by atoms with Crippen LogP contribution in [0, 0.1) is 0 Å². The van der Waals surface area contributed by atoms with Crippen molar-refractivity contribution in [2.45, 2.75) is 59.0 Å². The van der Waals surface area contributed by atoms with Crippen molar-refractivity contribution in [3.8, 4) is 0 Å². The predicted octanol–water partition coefficient (Wildman–Crippen LogP) is 3.88. The molecule has 2 saturated heterocycles. The maximum Gasteiger partial charge on any atom is 0.150 e. The van der Waals surface area contributed by atoms with E-state index in [9.17, 15) is 0 Å². The summed E-state index contributed by atoms with van der Waals surface area (Å²) in [6, 6.07) is 10.8. The molecule has 1 unspecified atom stereocenters. The highest BCUT2D eigenvalue weighted by Crippen LogP contribution is 2.23. The lowest BCUT2D eigenvalue weighted by molar-refractivity contribution is 0.248. The maximum atomic E-state index is 4.33. The van der Waals surface area contributed by atoms with E-state index in [0.29, 0.717) is 6.04 Å². The van der Waals surface area contributed by atoms with E-state index in [-0.39, 0.29) is 0 Å². The molecule has 0 saturated carbocycles. The number of rotatable bonds is 4. The van der Waals surface area contributed by atoms with Crippen molar-refractivity contribution < 1.29 is 0 Å². The van der Waals surface area contributed by atoms with Crippen LogP contribution in [0.25, 0.3) is 0 Å². The van der Waals surface area contributed by atoms with E-state index in [1.54, 1.807) is 0 Å². The molecule has 1 aromatic heterocycles. The second-order valence-electron chi connectivity index (χ2n) is 6.68. The highest BCUT2D eigenvalue weighted by Gasteiger charge is 2.23. The van der Waals surface area contributed by atoms with Gasteiger partial charge in [-0.05, 0) is 64.3 Å². The highest BCUT2D eigenvalue weighted by atomic mass is 15.3. The molecule has 2 aromatic rings. The molecule has 0 spiro atoms. The highest BCUT2D eigenvalue weighted by molar-refractivity contribution is 5.15. The van der Waals surface area contributed by atoms with Crippen molar-refractivity contribution in [3.63, 3.8) is 0 Å². The summed E-state index contributed by atoms with van der Waals surface area (Å²) in [7, 11) is 0. The molecule has 3 heterocycles. The van der Waals surface area contributed by atoms with Gasteiger partial charge in [0, 0.05) is 0 Å². The number of hydrogen-bond acceptors (Lipinski definition) is 4. The van der Waals surface area contributed by atoms with Gasteiger partial charge in [-0.3, -0.25) is 4.90 Å². The third-order valence-electron chi connectivity index (χ3n) is 4.86. The van der Waals surface area contributed by atoms with Crippen LogP contribution >= 0.6 is 0 Å². The zero-order chi connectivity index (χ0) is 18.6. The summed E-state index contributed by atoms with van der Waals surface area (Å²) in [5.41, 5.74) is 1.29. The van der Waals surface area contributed by atoms with Crippen LogP contribution in [0.4, 0.5) is 0 Å². The van der Waals surface area contributed by atoms with E-state index >= 15 is 0 Å². The smallest absolute Gasteiger partial charge is 0.150 e. The fourth-order valence-corrected chi connectivity index (χ4v) is 3.41. The first kappa shape index (κ1) is 20.6. The van der Waals surface area contributed by atoms with Gasteiger partial charge in [-0.2, -0.15) is 0 Å². The minimum Gasteiger partial charge on any atom is -0.317 e. The van der Waals surface area contributed by atoms with Crippen molar-refractivity contribution in [1.82, 2.24) is 25.0 Å². The summed E-state index contributed by atoms with van der Waals surface area (Å²) in [6.45, 7) is 11.9. The zero-order valence-corrected chi connectivity index (χ0v) is 16.7. The van der Waals surface area contributed by atoms with Crippen LogP contribution in [0.2, 0.25) is 0 Å². The van der Waals surface area contributed by atoms with Crippen LogP contribution < -0.4 is 5.32 Å². The Morgan fingerprint density at radius 2 is 1.65 bits per heavy atom. The van der Waals surface area contributed by atoms with Gasteiger partial charge in [0.05, 0.1) is 12.6 Å². The first-order valence-electron chi connectivity index (χ1n) is 10.2. The van der Waals surface area contributed by atoms with Gasteiger partial charge in [0.15, 0.2) is 0 Å². The average Bonchev–Trinajstić information content (AvgIpc) is 3.47. The summed E-state index contributed by atoms with van der Waals surface area (Å²) < 4.78 is 2.16. The Balaban J connectivity index is 0.000000295. The molecular formula is C21H35N5. The molecule has 2 aliphatic rings. The molecule has 0 bridgehead atoms. The number of benzene rings is 1. The molecule has 1 aromatic carbocycles. The Labute approximate surface area is 158 Å². The summed E-state index contributed by atoms with van der Waals surface area (Å²) in [5, 5.41) is 11.6. The molecule has 5 nitrogen and oxygen atoms in total. The van der Waals surface area contributed by atoms with Crippen LogP contribution in [0.15, 0.2) is 36.7 Å². The number of aromatic nitrogens is 3. The molecule has 2 fully saturated rings. The van der Waals surface area contributed by atoms with Crippen LogP contribution in [0.5, 0.6) is 0 Å². The first-order valence-corrected chi connectivity index (χ1v) is 10.2. The zero-order valence-electron chi connectivity index (χ0n) is 16.7. The molecule has 1 N–H and O–H groups in total. The van der Waals surface area contributed by atoms with Crippen molar-refractivity contribution in [3.05, 3.63) is 48.0 Å². The van der Waals surface area contributed by atoms with E-state index in [2.05, 4.69) is 56.2 Å². The molecule has 2 aliphatic heterocycles. The van der Waals surface area contributed by atoms with Gasteiger partial charge in [0.1, 0.15) is 12.2 Å². The van der Waals surface area contributed by atoms with E-state index in [4.69, 9.17) is 0 Å². The molecule has 144 valence electrons. The SMILES string of the molecule is C1CCNC1.CC.CC(c1nncn1Cc1ccccc1)N1CCCC1. The Kier molecular flexibility index (Phi) is 9.35. The summed E-state index contributed by atoms with van der Waals surface area (Å²) in [4.78, 5) is 2.49. The van der Waals surface area contributed by atoms with E-state index in [0.717, 1.165) is 12.4 Å². The fraction of sp³-hybridized carbons (Fsp3) is 0.619. The van der Waals surface area contributed by atoms with Crippen molar-refractivity contribution in [2.75, 3.05) is 26.2 Å². The summed E-state index contributed by atoms with van der Waals surface area (Å²) in [6.07, 6.45) is 7.23. The third kappa shape index (κ3) is 6.22. The van der Waals surface area contributed by atoms with E-state index in [1.807, 2.05) is 26.2 Å². The minimum atomic E-state index is 0.355. The van der Waals surface area contributed by atoms with E-state index in [1.165, 1.54) is 57.4 Å². The standard InChI is InChI=1S/C15H20N4.C4H9N.C2H6/c1-13(18-9-5-6-10-18)15-17-16-12-19(15)11-14-7-3-2-4-8-14;1-2-4-5-3-1;1-2/h2-4,7-8,12-13H,5-6,9-11H2,1H3;5H,1-4H2;1-2H3. The van der Waals surface area contributed by atoms with Crippen LogP contribution in [-0.4, -0.2) is 45.8 Å². The van der Waals surface area contributed by atoms with Gasteiger partial charge in [-0.1, -0.05) is 44.2 Å². The Hall–Kier alpha value is -1.72. The number of nitrogens with one attached hydrogen (secondary N) is 1. The van der Waals surface area contributed by atoms with E-state index < -0.39 is 0 Å². The van der Waals surface area contributed by atoms with Crippen LogP contribution in [0.1, 0.15) is 63.9 Å². The third-order valence-corrected chi connectivity index (χ3v) is 4.86. The lowest BCUT2D eigenvalue weighted by atomic mass is 10.2. The Bertz CT molecular complexity index is 578. The second-order valence-corrected chi connectivity index (χ2v) is 6.68. The molecular weight excluding hydrogens is 322 g/mol. The minimum absolute atomic E-state index is 0.355. The normalized spacial score (nSPS) is 17.8. The average molecular weight is 358 g/mol. The molecule has 5 heteroatoms. The number of likely N-dealkylation sites (tertiary alicyclic amines) is 1. The number of nitrogens with zero attached hydrogens (tertiary/aromatic N) is 4. The van der Waals surface area contributed by atoms with Crippen LogP contribution in [-0.2, 0) is 6.54 Å². The second kappa shape index (κ2) is 11.8. The topological polar surface area (TPSA) is 46.0 Å². The first-order chi connectivity index (χ1) is 12.8. The predicted molar refractivity (Wildman–Crippen MR) is 108 cm³/mol.